The number of methoxy groups -OCH3 is 1. The average molecular weight is 463 g/mol. The highest BCUT2D eigenvalue weighted by Gasteiger charge is 2.26. The van der Waals surface area contributed by atoms with Crippen LogP contribution in [-0.4, -0.2) is 43.5 Å². The summed E-state index contributed by atoms with van der Waals surface area (Å²) in [7, 11) is 1.37. The summed E-state index contributed by atoms with van der Waals surface area (Å²) in [5, 5.41) is 3.55. The molecule has 1 fully saturated rings. The van der Waals surface area contributed by atoms with Crippen LogP contribution in [-0.2, 0) is 16.0 Å². The standard InChI is InChI=1S/C27H30N2O3S/c1-19-24(22-11-7-4-8-12-22)25(27(31)32-2)26(33-19)28-23(30)18-29-15-13-21(14-16-29)17-20-9-5-3-6-10-20/h3-12,21H,13-18H2,1-2H3,(H,28,30). The maximum atomic E-state index is 12.9. The highest BCUT2D eigenvalue weighted by Crippen LogP contribution is 2.40. The van der Waals surface area contributed by atoms with Crippen LogP contribution < -0.4 is 5.32 Å². The van der Waals surface area contributed by atoms with Crippen LogP contribution in [0.4, 0.5) is 5.00 Å². The van der Waals surface area contributed by atoms with Gasteiger partial charge in [-0.25, -0.2) is 4.79 Å². The van der Waals surface area contributed by atoms with Gasteiger partial charge in [-0.3, -0.25) is 9.69 Å². The molecule has 1 aliphatic heterocycles. The molecule has 0 bridgehead atoms. The molecule has 4 rings (SSSR count). The molecule has 172 valence electrons. The molecule has 2 aromatic carbocycles. The van der Waals surface area contributed by atoms with Crippen molar-refractivity contribution in [3.05, 3.63) is 76.7 Å². The summed E-state index contributed by atoms with van der Waals surface area (Å²) in [5.74, 6) is 0.128. The minimum absolute atomic E-state index is 0.0949. The zero-order valence-corrected chi connectivity index (χ0v) is 20.0. The topological polar surface area (TPSA) is 58.6 Å². The Morgan fingerprint density at radius 1 is 1.03 bits per heavy atom. The quantitative estimate of drug-likeness (QED) is 0.478. The molecule has 1 aliphatic rings. The summed E-state index contributed by atoms with van der Waals surface area (Å²) in [5.41, 5.74) is 3.57. The van der Waals surface area contributed by atoms with Gasteiger partial charge in [-0.1, -0.05) is 60.7 Å². The maximum Gasteiger partial charge on any atom is 0.341 e. The van der Waals surface area contributed by atoms with E-state index in [4.69, 9.17) is 4.74 Å². The molecule has 33 heavy (non-hydrogen) atoms. The lowest BCUT2D eigenvalue weighted by Gasteiger charge is -2.31. The first kappa shape index (κ1) is 23.2. The van der Waals surface area contributed by atoms with E-state index in [0.29, 0.717) is 23.0 Å². The third-order valence-electron chi connectivity index (χ3n) is 6.23. The Labute approximate surface area is 199 Å². The number of thiophene rings is 1. The minimum Gasteiger partial charge on any atom is -0.465 e. The van der Waals surface area contributed by atoms with Gasteiger partial charge in [0, 0.05) is 10.4 Å². The molecule has 0 aliphatic carbocycles. The lowest BCUT2D eigenvalue weighted by atomic mass is 9.90. The third kappa shape index (κ3) is 5.70. The first-order valence-electron chi connectivity index (χ1n) is 11.4. The van der Waals surface area contributed by atoms with Gasteiger partial charge in [0.1, 0.15) is 10.6 Å². The van der Waals surface area contributed by atoms with Crippen molar-refractivity contribution in [3.8, 4) is 11.1 Å². The van der Waals surface area contributed by atoms with Gasteiger partial charge in [-0.05, 0) is 56.3 Å². The predicted octanol–water partition coefficient (Wildman–Crippen LogP) is 5.40. The lowest BCUT2D eigenvalue weighted by Crippen LogP contribution is -2.39. The van der Waals surface area contributed by atoms with Crippen molar-refractivity contribution in [1.29, 1.82) is 0 Å². The van der Waals surface area contributed by atoms with Crippen LogP contribution in [0.2, 0.25) is 0 Å². The number of piperidine rings is 1. The number of aryl methyl sites for hydroxylation is 1. The van der Waals surface area contributed by atoms with Crippen molar-refractivity contribution < 1.29 is 14.3 Å². The second kappa shape index (κ2) is 10.8. The fraction of sp³-hybridized carbons (Fsp3) is 0.333. The van der Waals surface area contributed by atoms with Gasteiger partial charge in [0.2, 0.25) is 5.91 Å². The molecular weight excluding hydrogens is 432 g/mol. The van der Waals surface area contributed by atoms with Crippen molar-refractivity contribution in [2.75, 3.05) is 32.1 Å². The largest absolute Gasteiger partial charge is 0.465 e. The average Bonchev–Trinajstić information content (AvgIpc) is 3.16. The SMILES string of the molecule is COC(=O)c1c(NC(=O)CN2CCC(Cc3ccccc3)CC2)sc(C)c1-c1ccccc1. The molecule has 1 saturated heterocycles. The zero-order chi connectivity index (χ0) is 23.2. The first-order valence-corrected chi connectivity index (χ1v) is 12.2. The van der Waals surface area contributed by atoms with E-state index < -0.39 is 5.97 Å². The minimum atomic E-state index is -0.435. The molecule has 0 unspecified atom stereocenters. The highest BCUT2D eigenvalue weighted by atomic mass is 32.1. The Kier molecular flexibility index (Phi) is 7.57. The molecule has 0 saturated carbocycles. The van der Waals surface area contributed by atoms with Gasteiger partial charge < -0.3 is 10.1 Å². The van der Waals surface area contributed by atoms with Crippen LogP contribution in [0.1, 0.15) is 33.6 Å². The number of carbonyl (C=O) groups is 2. The van der Waals surface area contributed by atoms with Crippen LogP contribution in [0.25, 0.3) is 11.1 Å². The van der Waals surface area contributed by atoms with Crippen LogP contribution in [0, 0.1) is 12.8 Å². The van der Waals surface area contributed by atoms with E-state index in [-0.39, 0.29) is 5.91 Å². The summed E-state index contributed by atoms with van der Waals surface area (Å²) in [4.78, 5) is 28.7. The summed E-state index contributed by atoms with van der Waals surface area (Å²) in [6.07, 6.45) is 3.28. The Morgan fingerprint density at radius 3 is 2.30 bits per heavy atom. The van der Waals surface area contributed by atoms with Crippen LogP contribution in [0.3, 0.4) is 0 Å². The number of nitrogens with zero attached hydrogens (tertiary/aromatic N) is 1. The fourth-order valence-electron chi connectivity index (χ4n) is 4.55. The van der Waals surface area contributed by atoms with Crippen molar-refractivity contribution >= 4 is 28.2 Å². The van der Waals surface area contributed by atoms with E-state index in [9.17, 15) is 9.59 Å². The molecular formula is C27H30N2O3S. The monoisotopic (exact) mass is 462 g/mol. The van der Waals surface area contributed by atoms with E-state index in [1.807, 2.05) is 43.3 Å². The van der Waals surface area contributed by atoms with Crippen molar-refractivity contribution in [1.82, 2.24) is 4.90 Å². The number of hydrogen-bond donors (Lipinski definition) is 1. The predicted molar refractivity (Wildman–Crippen MR) is 134 cm³/mol. The number of benzene rings is 2. The smallest absolute Gasteiger partial charge is 0.341 e. The lowest BCUT2D eigenvalue weighted by molar-refractivity contribution is -0.117. The van der Waals surface area contributed by atoms with Gasteiger partial charge in [-0.2, -0.15) is 0 Å². The normalized spacial score (nSPS) is 14.7. The first-order chi connectivity index (χ1) is 16.0. The van der Waals surface area contributed by atoms with Crippen LogP contribution in [0.15, 0.2) is 60.7 Å². The fourth-order valence-corrected chi connectivity index (χ4v) is 5.63. The highest BCUT2D eigenvalue weighted by molar-refractivity contribution is 7.17. The number of anilines is 1. The molecule has 3 aromatic rings. The molecule has 1 N–H and O–H groups in total. The van der Waals surface area contributed by atoms with E-state index in [0.717, 1.165) is 48.4 Å². The number of hydrogen-bond acceptors (Lipinski definition) is 5. The Hall–Kier alpha value is -2.96. The van der Waals surface area contributed by atoms with Gasteiger partial charge in [-0.15, -0.1) is 11.3 Å². The molecule has 1 aromatic heterocycles. The van der Waals surface area contributed by atoms with Crippen LogP contribution in [0.5, 0.6) is 0 Å². The van der Waals surface area contributed by atoms with E-state index in [1.54, 1.807) is 0 Å². The second-order valence-electron chi connectivity index (χ2n) is 8.55. The second-order valence-corrected chi connectivity index (χ2v) is 9.78. The van der Waals surface area contributed by atoms with E-state index in [2.05, 4.69) is 34.5 Å². The van der Waals surface area contributed by atoms with Gasteiger partial charge in [0.15, 0.2) is 0 Å². The number of carbonyl (C=O) groups excluding carboxylic acids is 2. The summed E-state index contributed by atoms with van der Waals surface area (Å²) < 4.78 is 5.05. The van der Waals surface area contributed by atoms with E-state index >= 15 is 0 Å². The number of nitrogens with one attached hydrogen (secondary N) is 1. The zero-order valence-electron chi connectivity index (χ0n) is 19.2. The van der Waals surface area contributed by atoms with E-state index in [1.165, 1.54) is 24.0 Å². The molecule has 0 spiro atoms. The number of ether oxygens (including phenoxy) is 1. The third-order valence-corrected chi connectivity index (χ3v) is 7.25. The molecule has 1 amide bonds. The maximum absolute atomic E-state index is 12.9. The number of likely N-dealkylation sites (tertiary alicyclic amines) is 1. The van der Waals surface area contributed by atoms with Gasteiger partial charge >= 0.3 is 5.97 Å². The molecule has 5 nitrogen and oxygen atoms in total. The van der Waals surface area contributed by atoms with Crippen molar-refractivity contribution in [2.45, 2.75) is 26.2 Å². The van der Waals surface area contributed by atoms with Gasteiger partial charge in [0.05, 0.1) is 13.7 Å². The molecule has 0 atom stereocenters. The summed E-state index contributed by atoms with van der Waals surface area (Å²) in [6.45, 7) is 4.12. The summed E-state index contributed by atoms with van der Waals surface area (Å²) >= 11 is 1.42. The molecule has 2 heterocycles. The van der Waals surface area contributed by atoms with Gasteiger partial charge in [0.25, 0.3) is 0 Å². The van der Waals surface area contributed by atoms with Crippen molar-refractivity contribution in [3.63, 3.8) is 0 Å². The van der Waals surface area contributed by atoms with Crippen molar-refractivity contribution in [2.24, 2.45) is 5.92 Å². The Bertz CT molecular complexity index is 1090. The number of amides is 1. The summed E-state index contributed by atoms with van der Waals surface area (Å²) in [6, 6.07) is 20.3. The number of rotatable bonds is 7. The Morgan fingerprint density at radius 2 is 1.67 bits per heavy atom. The number of esters is 1. The molecule has 0 radical (unpaired) electrons. The molecule has 6 heteroatoms. The van der Waals surface area contributed by atoms with Crippen LogP contribution >= 0.6 is 11.3 Å². The Balaban J connectivity index is 1.39.